The Labute approximate surface area is 442 Å². The molecular formula is C58H69BrCl2N4O6. The van der Waals surface area contributed by atoms with Gasteiger partial charge in [0.15, 0.2) is 23.0 Å². The van der Waals surface area contributed by atoms with Crippen LogP contribution in [0.1, 0.15) is 61.8 Å². The second kappa shape index (κ2) is 29.1. The maximum absolute atomic E-state index is 13.1. The molecule has 0 aliphatic carbocycles. The molecule has 2 heterocycles. The van der Waals surface area contributed by atoms with Crippen LogP contribution in [-0.2, 0) is 35.5 Å². The van der Waals surface area contributed by atoms with E-state index in [1.54, 1.807) is 14.2 Å². The molecule has 2 amide bonds. The van der Waals surface area contributed by atoms with Gasteiger partial charge in [0.1, 0.15) is 11.5 Å². The van der Waals surface area contributed by atoms with E-state index in [4.69, 9.17) is 18.9 Å². The monoisotopic (exact) mass is 1070 g/mol. The molecule has 0 spiro atoms. The van der Waals surface area contributed by atoms with Crippen LogP contribution in [0.3, 0.4) is 0 Å². The normalized spacial score (nSPS) is 15.4. The molecule has 0 saturated carbocycles. The number of hydrogen-bond donors (Lipinski definition) is 0. The Morgan fingerprint density at radius 3 is 1.42 bits per heavy atom. The Morgan fingerprint density at radius 1 is 0.535 bits per heavy atom. The van der Waals surface area contributed by atoms with Crippen LogP contribution >= 0.6 is 40.7 Å². The van der Waals surface area contributed by atoms with Gasteiger partial charge >= 0.3 is 0 Å². The number of para-hydroxylation sites is 4. The highest BCUT2D eigenvalue weighted by molar-refractivity contribution is 9.10. The predicted octanol–water partition coefficient (Wildman–Crippen LogP) is 12.7. The average Bonchev–Trinajstić information content (AvgIpc) is 3.39. The van der Waals surface area contributed by atoms with E-state index in [0.29, 0.717) is 47.9 Å². The highest BCUT2D eigenvalue weighted by atomic mass is 79.9. The Bertz CT molecular complexity index is 2570. The quantitative estimate of drug-likeness (QED) is 0.0842. The van der Waals surface area contributed by atoms with E-state index in [2.05, 4.69) is 63.8 Å². The van der Waals surface area contributed by atoms with Gasteiger partial charge in [-0.1, -0.05) is 127 Å². The molecule has 0 N–H and O–H groups in total. The van der Waals surface area contributed by atoms with Crippen molar-refractivity contribution in [2.24, 2.45) is 0 Å². The average molecular weight is 1070 g/mol. The summed E-state index contributed by atoms with van der Waals surface area (Å²) in [6.07, 6.45) is 5.19. The molecule has 2 aliphatic heterocycles. The molecule has 10 nitrogen and oxygen atoms in total. The summed E-state index contributed by atoms with van der Waals surface area (Å²) in [6, 6.07) is 50.5. The van der Waals surface area contributed by atoms with Crippen molar-refractivity contribution >= 4 is 52.6 Å². The number of nitrogens with zero attached hydrogens (tertiary/aromatic N) is 4. The number of rotatable bonds is 18. The van der Waals surface area contributed by atoms with Crippen LogP contribution in [0.2, 0.25) is 0 Å². The highest BCUT2D eigenvalue weighted by Crippen LogP contribution is 2.33. The second-order valence-corrected chi connectivity index (χ2v) is 18.5. The Morgan fingerprint density at radius 2 is 0.958 bits per heavy atom. The number of halogens is 3. The van der Waals surface area contributed by atoms with E-state index in [1.165, 1.54) is 11.1 Å². The van der Waals surface area contributed by atoms with E-state index in [9.17, 15) is 9.59 Å². The lowest BCUT2D eigenvalue weighted by atomic mass is 10.0. The number of likely N-dealkylation sites (N-methyl/N-ethyl adjacent to an activating group) is 2. The van der Waals surface area contributed by atoms with Gasteiger partial charge in [-0.3, -0.25) is 19.4 Å². The van der Waals surface area contributed by atoms with Gasteiger partial charge in [0.05, 0.1) is 27.1 Å². The van der Waals surface area contributed by atoms with Gasteiger partial charge in [-0.2, -0.15) is 0 Å². The zero-order chi connectivity index (χ0) is 48.4. The van der Waals surface area contributed by atoms with Gasteiger partial charge in [-0.25, -0.2) is 0 Å². The van der Waals surface area contributed by atoms with Crippen LogP contribution in [0, 0.1) is 0 Å². The van der Waals surface area contributed by atoms with Crippen LogP contribution < -0.4 is 18.9 Å². The summed E-state index contributed by atoms with van der Waals surface area (Å²) in [6.45, 7) is 11.1. The summed E-state index contributed by atoms with van der Waals surface area (Å²) in [5.74, 6) is 4.83. The lowest BCUT2D eigenvalue weighted by Crippen LogP contribution is -2.49. The Balaban J connectivity index is 0.000000257. The van der Waals surface area contributed by atoms with Crippen molar-refractivity contribution in [2.45, 2.75) is 77.5 Å². The molecule has 13 heteroatoms. The van der Waals surface area contributed by atoms with Crippen molar-refractivity contribution in [3.8, 4) is 34.5 Å². The third kappa shape index (κ3) is 16.5. The van der Waals surface area contributed by atoms with Crippen LogP contribution in [-0.4, -0.2) is 97.0 Å². The number of carbonyl (C=O) groups is 2. The molecule has 2 aliphatic rings. The number of piperidine rings is 2. The molecule has 2 unspecified atom stereocenters. The Hall–Kier alpha value is -5.56. The minimum absolute atomic E-state index is 0. The smallest absolute Gasteiger partial charge is 0.227 e. The first-order chi connectivity index (χ1) is 33.7. The molecule has 378 valence electrons. The van der Waals surface area contributed by atoms with Crippen LogP contribution in [0.5, 0.6) is 34.5 Å². The minimum atomic E-state index is 0. The SMILES string of the molecule is CCN(Cc1cccc(Oc2ccccc2OC)c1)C1CCCN(C(=O)Cc2ccccc2)C1.CCN(Cc1cccc(Oc2ccccc2OC)c1)C1CCCN(C(=O)Cc2ccccc2Br)C1.Cl.Cl. The van der Waals surface area contributed by atoms with Gasteiger partial charge in [0.2, 0.25) is 11.8 Å². The summed E-state index contributed by atoms with van der Waals surface area (Å²) >= 11 is 3.57. The summed E-state index contributed by atoms with van der Waals surface area (Å²) in [5, 5.41) is 0. The van der Waals surface area contributed by atoms with E-state index < -0.39 is 0 Å². The fourth-order valence-corrected chi connectivity index (χ4v) is 9.72. The molecule has 8 rings (SSSR count). The fourth-order valence-electron chi connectivity index (χ4n) is 9.30. The summed E-state index contributed by atoms with van der Waals surface area (Å²) < 4.78 is 24.0. The van der Waals surface area contributed by atoms with Gasteiger partial charge in [-0.05, 0) is 116 Å². The fraction of sp³-hybridized carbons (Fsp3) is 0.345. The molecule has 6 aromatic carbocycles. The zero-order valence-corrected chi connectivity index (χ0v) is 44.6. The largest absolute Gasteiger partial charge is 0.493 e. The first-order valence-electron chi connectivity index (χ1n) is 24.3. The summed E-state index contributed by atoms with van der Waals surface area (Å²) in [4.78, 5) is 35.0. The van der Waals surface area contributed by atoms with Gasteiger partial charge in [-0.15, -0.1) is 24.8 Å². The molecule has 6 aromatic rings. The van der Waals surface area contributed by atoms with Gasteiger partial charge < -0.3 is 28.7 Å². The van der Waals surface area contributed by atoms with Crippen LogP contribution in [0.4, 0.5) is 0 Å². The molecular weight excluding hydrogens is 999 g/mol. The number of methoxy groups -OCH3 is 2. The van der Waals surface area contributed by atoms with Crippen molar-refractivity contribution < 1.29 is 28.5 Å². The standard InChI is InChI=1S/C29H33BrN2O3.C29H34N2O3.2ClH/c1-3-31(20-22-10-8-13-25(18-22)35-28-16-7-6-15-27(28)34-2)24-12-9-17-32(21-24)29(33)19-23-11-4-5-14-26(23)30;1-3-30(25-14-10-18-31(22-25)29(32)20-23-11-5-4-6-12-23)21-24-13-9-15-26(19-24)34-28-17-8-7-16-27(28)33-2;;/h4-8,10-11,13-16,18,24H,3,9,12,17,19-21H2,1-2H3;4-9,11-13,15-17,19,25H,3,10,14,18,20-22H2,1-2H3;2*1H. The lowest BCUT2D eigenvalue weighted by Gasteiger charge is -2.39. The number of amides is 2. The van der Waals surface area contributed by atoms with Crippen LogP contribution in [0.25, 0.3) is 0 Å². The molecule has 2 saturated heterocycles. The molecule has 0 radical (unpaired) electrons. The van der Waals surface area contributed by atoms with Gasteiger partial charge in [0.25, 0.3) is 0 Å². The van der Waals surface area contributed by atoms with Crippen molar-refractivity contribution in [1.29, 1.82) is 0 Å². The van der Waals surface area contributed by atoms with E-state index in [-0.39, 0.29) is 36.6 Å². The van der Waals surface area contributed by atoms with Crippen molar-refractivity contribution in [3.63, 3.8) is 0 Å². The summed E-state index contributed by atoms with van der Waals surface area (Å²) in [7, 11) is 3.30. The number of carbonyl (C=O) groups excluding carboxylic acids is 2. The van der Waals surface area contributed by atoms with Gasteiger partial charge in [0, 0.05) is 55.8 Å². The molecule has 0 aromatic heterocycles. The third-order valence-electron chi connectivity index (χ3n) is 13.0. The highest BCUT2D eigenvalue weighted by Gasteiger charge is 2.29. The van der Waals surface area contributed by atoms with Crippen molar-refractivity contribution in [1.82, 2.24) is 19.6 Å². The predicted molar refractivity (Wildman–Crippen MR) is 293 cm³/mol. The van der Waals surface area contributed by atoms with Crippen LogP contribution in [0.15, 0.2) is 156 Å². The topological polar surface area (TPSA) is 84.0 Å². The third-order valence-corrected chi connectivity index (χ3v) is 13.8. The second-order valence-electron chi connectivity index (χ2n) is 17.6. The van der Waals surface area contributed by atoms with E-state index in [1.807, 2.05) is 137 Å². The molecule has 71 heavy (non-hydrogen) atoms. The van der Waals surface area contributed by atoms with E-state index >= 15 is 0 Å². The number of ether oxygens (including phenoxy) is 4. The van der Waals surface area contributed by atoms with Crippen molar-refractivity contribution in [3.05, 3.63) is 178 Å². The molecule has 0 bridgehead atoms. The minimum Gasteiger partial charge on any atom is -0.493 e. The number of benzene rings is 6. The maximum Gasteiger partial charge on any atom is 0.227 e. The first-order valence-corrected chi connectivity index (χ1v) is 25.1. The molecule has 2 atom stereocenters. The summed E-state index contributed by atoms with van der Waals surface area (Å²) in [5.41, 5.74) is 4.51. The zero-order valence-electron chi connectivity index (χ0n) is 41.4. The number of likely N-dealkylation sites (tertiary alicyclic amines) is 2. The Kier molecular flexibility index (Phi) is 23.1. The first kappa shape index (κ1) is 56.4. The van der Waals surface area contributed by atoms with E-state index in [0.717, 1.165) is 105 Å². The maximum atomic E-state index is 13.1. The van der Waals surface area contributed by atoms with Crippen molar-refractivity contribution in [2.75, 3.05) is 53.5 Å². The molecule has 2 fully saturated rings. The number of hydrogen-bond acceptors (Lipinski definition) is 8. The lowest BCUT2D eigenvalue weighted by molar-refractivity contribution is -0.133.